The van der Waals surface area contributed by atoms with Gasteiger partial charge in [-0.2, -0.15) is 0 Å². The molecule has 2 atom stereocenters. The Morgan fingerprint density at radius 3 is 2.63 bits per heavy atom. The number of carbonyl (C=O) groups is 1. The van der Waals surface area contributed by atoms with Crippen LogP contribution in [0.2, 0.25) is 0 Å². The summed E-state index contributed by atoms with van der Waals surface area (Å²) in [6.07, 6.45) is 8.18. The first-order valence-electron chi connectivity index (χ1n) is 7.89. The van der Waals surface area contributed by atoms with Crippen molar-refractivity contribution in [2.75, 3.05) is 13.7 Å². The fourth-order valence-electron chi connectivity index (χ4n) is 3.53. The quantitative estimate of drug-likeness (QED) is 0.751. The summed E-state index contributed by atoms with van der Waals surface area (Å²) in [4.78, 5) is 12.3. The summed E-state index contributed by atoms with van der Waals surface area (Å²) in [5, 5.41) is 3.58. The maximum absolute atomic E-state index is 12.3. The summed E-state index contributed by atoms with van der Waals surface area (Å²) in [5.74, 6) is 2.13. The molecule has 0 aromatic carbocycles. The molecule has 0 amide bonds. The monoisotopic (exact) mass is 267 g/mol. The molecule has 0 bridgehead atoms. The molecule has 110 valence electrons. The van der Waals surface area contributed by atoms with Crippen molar-refractivity contribution in [2.45, 2.75) is 64.3 Å². The predicted molar refractivity (Wildman–Crippen MR) is 76.9 cm³/mol. The van der Waals surface area contributed by atoms with Crippen LogP contribution < -0.4 is 5.32 Å². The molecule has 0 saturated heterocycles. The number of nitrogens with one attached hydrogen (secondary N) is 1. The third kappa shape index (κ3) is 3.95. The topological polar surface area (TPSA) is 38.3 Å². The molecule has 0 radical (unpaired) electrons. The van der Waals surface area contributed by atoms with Gasteiger partial charge in [-0.3, -0.25) is 4.79 Å². The largest absolute Gasteiger partial charge is 0.468 e. The van der Waals surface area contributed by atoms with Gasteiger partial charge < -0.3 is 10.1 Å². The minimum Gasteiger partial charge on any atom is -0.468 e. The summed E-state index contributed by atoms with van der Waals surface area (Å²) in [6, 6.07) is 0. The van der Waals surface area contributed by atoms with Gasteiger partial charge in [-0.15, -0.1) is 0 Å². The predicted octanol–water partition coefficient (Wildman–Crippen LogP) is 3.13. The fraction of sp³-hybridized carbons (Fsp3) is 0.938. The van der Waals surface area contributed by atoms with Crippen LogP contribution >= 0.6 is 0 Å². The van der Waals surface area contributed by atoms with Gasteiger partial charge in [-0.25, -0.2) is 0 Å². The summed E-state index contributed by atoms with van der Waals surface area (Å²) in [7, 11) is 1.52. The second-order valence-electron chi connectivity index (χ2n) is 6.99. The number of methoxy groups -OCH3 is 1. The molecule has 0 spiro atoms. The van der Waals surface area contributed by atoms with Gasteiger partial charge in [-0.1, -0.05) is 26.7 Å². The number of rotatable bonds is 6. The SMILES string of the molecule is COC(=O)C1(NCC2CC2)CCCC(CC(C)C)C1. The van der Waals surface area contributed by atoms with Crippen LogP contribution in [0.1, 0.15) is 58.8 Å². The van der Waals surface area contributed by atoms with Gasteiger partial charge in [0, 0.05) is 0 Å². The van der Waals surface area contributed by atoms with E-state index in [9.17, 15) is 4.79 Å². The van der Waals surface area contributed by atoms with E-state index in [1.807, 2.05) is 0 Å². The van der Waals surface area contributed by atoms with Crippen LogP contribution in [0.4, 0.5) is 0 Å². The Morgan fingerprint density at radius 1 is 1.32 bits per heavy atom. The third-order valence-corrected chi connectivity index (χ3v) is 4.66. The Bertz CT molecular complexity index is 312. The molecule has 19 heavy (non-hydrogen) atoms. The van der Waals surface area contributed by atoms with Crippen LogP contribution in [0.5, 0.6) is 0 Å². The zero-order valence-corrected chi connectivity index (χ0v) is 12.7. The van der Waals surface area contributed by atoms with E-state index in [-0.39, 0.29) is 5.97 Å². The lowest BCUT2D eigenvalue weighted by Crippen LogP contribution is -2.56. The molecular formula is C16H29NO2. The van der Waals surface area contributed by atoms with Crippen molar-refractivity contribution in [3.05, 3.63) is 0 Å². The lowest BCUT2D eigenvalue weighted by molar-refractivity contribution is -0.151. The van der Waals surface area contributed by atoms with E-state index in [1.165, 1.54) is 32.8 Å². The molecule has 2 saturated carbocycles. The molecule has 2 rings (SSSR count). The Labute approximate surface area is 117 Å². The molecule has 3 nitrogen and oxygen atoms in total. The van der Waals surface area contributed by atoms with Crippen molar-refractivity contribution in [1.82, 2.24) is 5.32 Å². The first-order chi connectivity index (χ1) is 9.05. The summed E-state index contributed by atoms with van der Waals surface area (Å²) >= 11 is 0. The maximum Gasteiger partial charge on any atom is 0.326 e. The van der Waals surface area contributed by atoms with E-state index in [0.29, 0.717) is 11.8 Å². The molecule has 2 fully saturated rings. The van der Waals surface area contributed by atoms with Crippen LogP contribution in [0, 0.1) is 17.8 Å². The number of carbonyl (C=O) groups excluding carboxylic acids is 1. The molecule has 0 aromatic heterocycles. The molecule has 3 heteroatoms. The molecule has 0 aromatic rings. The Kier molecular flexibility index (Phi) is 4.88. The highest BCUT2D eigenvalue weighted by Gasteiger charge is 2.44. The molecule has 2 aliphatic rings. The minimum atomic E-state index is -0.394. The van der Waals surface area contributed by atoms with Gasteiger partial charge in [-0.05, 0) is 56.4 Å². The van der Waals surface area contributed by atoms with Gasteiger partial charge in [0.25, 0.3) is 0 Å². The highest BCUT2D eigenvalue weighted by atomic mass is 16.5. The van der Waals surface area contributed by atoms with E-state index in [2.05, 4.69) is 19.2 Å². The van der Waals surface area contributed by atoms with Gasteiger partial charge in [0.05, 0.1) is 7.11 Å². The van der Waals surface area contributed by atoms with Gasteiger partial charge in [0.1, 0.15) is 5.54 Å². The zero-order valence-electron chi connectivity index (χ0n) is 12.7. The Hall–Kier alpha value is -0.570. The van der Waals surface area contributed by atoms with Crippen LogP contribution in [0.3, 0.4) is 0 Å². The van der Waals surface area contributed by atoms with E-state index in [4.69, 9.17) is 4.74 Å². The Morgan fingerprint density at radius 2 is 2.05 bits per heavy atom. The van der Waals surface area contributed by atoms with Crippen LogP contribution in [0.15, 0.2) is 0 Å². The summed E-state index contributed by atoms with van der Waals surface area (Å²) in [5.41, 5.74) is -0.394. The second kappa shape index (κ2) is 6.25. The number of hydrogen-bond acceptors (Lipinski definition) is 3. The minimum absolute atomic E-state index is 0.0402. The van der Waals surface area contributed by atoms with Gasteiger partial charge >= 0.3 is 5.97 Å². The highest BCUT2D eigenvalue weighted by Crippen LogP contribution is 2.38. The molecular weight excluding hydrogens is 238 g/mol. The maximum atomic E-state index is 12.3. The van der Waals surface area contributed by atoms with E-state index < -0.39 is 5.54 Å². The van der Waals surface area contributed by atoms with Crippen molar-refractivity contribution >= 4 is 5.97 Å². The first-order valence-corrected chi connectivity index (χ1v) is 7.89. The van der Waals surface area contributed by atoms with Gasteiger partial charge in [0.15, 0.2) is 0 Å². The standard InChI is InChI=1S/C16H29NO2/c1-12(2)9-14-5-4-8-16(10-14,15(18)19-3)17-11-13-6-7-13/h12-14,17H,4-11H2,1-3H3. The van der Waals surface area contributed by atoms with Crippen molar-refractivity contribution < 1.29 is 9.53 Å². The van der Waals surface area contributed by atoms with E-state index in [1.54, 1.807) is 0 Å². The lowest BCUT2D eigenvalue weighted by Gasteiger charge is -2.40. The van der Waals surface area contributed by atoms with Crippen molar-refractivity contribution in [3.8, 4) is 0 Å². The average molecular weight is 267 g/mol. The van der Waals surface area contributed by atoms with Crippen molar-refractivity contribution in [3.63, 3.8) is 0 Å². The molecule has 2 aliphatic carbocycles. The fourth-order valence-corrected chi connectivity index (χ4v) is 3.53. The molecule has 2 unspecified atom stereocenters. The third-order valence-electron chi connectivity index (χ3n) is 4.66. The smallest absolute Gasteiger partial charge is 0.326 e. The number of esters is 1. The molecule has 0 heterocycles. The number of hydrogen-bond donors (Lipinski definition) is 1. The van der Waals surface area contributed by atoms with E-state index in [0.717, 1.165) is 31.7 Å². The number of ether oxygens (including phenoxy) is 1. The van der Waals surface area contributed by atoms with Crippen molar-refractivity contribution in [2.24, 2.45) is 17.8 Å². The molecule has 1 N–H and O–H groups in total. The normalized spacial score (nSPS) is 31.5. The van der Waals surface area contributed by atoms with Crippen LogP contribution in [-0.2, 0) is 9.53 Å². The highest BCUT2D eigenvalue weighted by molar-refractivity contribution is 5.81. The summed E-state index contributed by atoms with van der Waals surface area (Å²) < 4.78 is 5.10. The zero-order chi connectivity index (χ0) is 13.9. The van der Waals surface area contributed by atoms with Gasteiger partial charge in [0.2, 0.25) is 0 Å². The Balaban J connectivity index is 2.00. The molecule has 0 aliphatic heterocycles. The lowest BCUT2D eigenvalue weighted by atomic mass is 9.73. The van der Waals surface area contributed by atoms with E-state index >= 15 is 0 Å². The summed E-state index contributed by atoms with van der Waals surface area (Å²) in [6.45, 7) is 5.53. The van der Waals surface area contributed by atoms with Crippen LogP contribution in [-0.4, -0.2) is 25.2 Å². The average Bonchev–Trinajstić information content (AvgIpc) is 3.19. The first kappa shape index (κ1) is 14.8. The van der Waals surface area contributed by atoms with Crippen LogP contribution in [0.25, 0.3) is 0 Å². The van der Waals surface area contributed by atoms with Crippen molar-refractivity contribution in [1.29, 1.82) is 0 Å². The second-order valence-corrected chi connectivity index (χ2v) is 6.99.